The first-order chi connectivity index (χ1) is 6.79. The molecule has 0 aromatic rings. The van der Waals surface area contributed by atoms with Crippen molar-refractivity contribution in [2.45, 2.75) is 53.0 Å². The van der Waals surface area contributed by atoms with Crippen molar-refractivity contribution in [3.63, 3.8) is 0 Å². The molecular weight excluding hydrogens is 224 g/mol. The Labute approximate surface area is 106 Å². The number of halogens is 1. The van der Waals surface area contributed by atoms with Gasteiger partial charge in [-0.15, -0.1) is 12.4 Å². The van der Waals surface area contributed by atoms with Crippen molar-refractivity contribution in [1.29, 1.82) is 0 Å². The van der Waals surface area contributed by atoms with Gasteiger partial charge in [0.2, 0.25) is 5.91 Å². The van der Waals surface area contributed by atoms with E-state index in [2.05, 4.69) is 19.2 Å². The third kappa shape index (κ3) is 7.94. The molecule has 98 valence electrons. The Morgan fingerprint density at radius 1 is 1.25 bits per heavy atom. The molecule has 0 radical (unpaired) electrons. The Kier molecular flexibility index (Phi) is 8.94. The van der Waals surface area contributed by atoms with Crippen LogP contribution in [-0.2, 0) is 4.79 Å². The summed E-state index contributed by atoms with van der Waals surface area (Å²) in [6.07, 6.45) is 1.50. The molecule has 16 heavy (non-hydrogen) atoms. The van der Waals surface area contributed by atoms with E-state index in [1.165, 1.54) is 0 Å². The van der Waals surface area contributed by atoms with Gasteiger partial charge >= 0.3 is 0 Å². The number of nitrogens with one attached hydrogen (secondary N) is 1. The highest BCUT2D eigenvalue weighted by molar-refractivity contribution is 5.85. The van der Waals surface area contributed by atoms with E-state index in [1.807, 2.05) is 20.8 Å². The molecule has 0 saturated heterocycles. The van der Waals surface area contributed by atoms with Crippen LogP contribution in [0, 0.1) is 11.8 Å². The molecule has 1 unspecified atom stereocenters. The van der Waals surface area contributed by atoms with Crippen LogP contribution in [0.2, 0.25) is 0 Å². The zero-order valence-corrected chi connectivity index (χ0v) is 12.0. The Morgan fingerprint density at radius 3 is 2.06 bits per heavy atom. The molecule has 4 heteroatoms. The summed E-state index contributed by atoms with van der Waals surface area (Å²) in [5, 5.41) is 3.04. The van der Waals surface area contributed by atoms with Crippen LogP contribution < -0.4 is 11.1 Å². The monoisotopic (exact) mass is 250 g/mol. The van der Waals surface area contributed by atoms with Gasteiger partial charge in [-0.1, -0.05) is 27.7 Å². The van der Waals surface area contributed by atoms with Crippen molar-refractivity contribution in [1.82, 2.24) is 5.32 Å². The van der Waals surface area contributed by atoms with Crippen LogP contribution in [0.4, 0.5) is 0 Å². The van der Waals surface area contributed by atoms with Crippen LogP contribution in [0.1, 0.15) is 47.5 Å². The van der Waals surface area contributed by atoms with Crippen molar-refractivity contribution >= 4 is 18.3 Å². The molecule has 0 aliphatic rings. The largest absolute Gasteiger partial charge is 0.350 e. The molecule has 0 saturated carbocycles. The molecule has 0 aromatic carbocycles. The summed E-state index contributed by atoms with van der Waals surface area (Å²) in [7, 11) is 0. The van der Waals surface area contributed by atoms with Crippen LogP contribution in [0.15, 0.2) is 0 Å². The average Bonchev–Trinajstić information content (AvgIpc) is 2.00. The standard InChI is InChI=1S/C12H26N2O.ClH/c1-9(2)6-11(15)14-12(5,8-13)7-10(3)4;/h9-10H,6-8,13H2,1-5H3,(H,14,15);1H. The van der Waals surface area contributed by atoms with Gasteiger partial charge in [-0.3, -0.25) is 4.79 Å². The number of amides is 1. The van der Waals surface area contributed by atoms with Crippen molar-refractivity contribution in [3.8, 4) is 0 Å². The quantitative estimate of drug-likeness (QED) is 0.760. The van der Waals surface area contributed by atoms with E-state index in [4.69, 9.17) is 5.73 Å². The van der Waals surface area contributed by atoms with Crippen LogP contribution in [0.25, 0.3) is 0 Å². The summed E-state index contributed by atoms with van der Waals surface area (Å²) >= 11 is 0. The molecule has 1 atom stereocenters. The van der Waals surface area contributed by atoms with E-state index in [0.29, 0.717) is 24.8 Å². The van der Waals surface area contributed by atoms with Crippen LogP contribution in [0.3, 0.4) is 0 Å². The van der Waals surface area contributed by atoms with Gasteiger partial charge in [0.25, 0.3) is 0 Å². The van der Waals surface area contributed by atoms with Crippen LogP contribution in [0.5, 0.6) is 0 Å². The SMILES string of the molecule is CC(C)CC(=O)NC(C)(CN)CC(C)C.Cl. The highest BCUT2D eigenvalue weighted by atomic mass is 35.5. The van der Waals surface area contributed by atoms with Gasteiger partial charge < -0.3 is 11.1 Å². The predicted octanol–water partition coefficient (Wildman–Crippen LogP) is 2.33. The van der Waals surface area contributed by atoms with Gasteiger partial charge in [-0.2, -0.15) is 0 Å². The van der Waals surface area contributed by atoms with E-state index >= 15 is 0 Å². The molecule has 0 fully saturated rings. The third-order valence-electron chi connectivity index (χ3n) is 2.34. The first-order valence-electron chi connectivity index (χ1n) is 5.80. The number of nitrogens with two attached hydrogens (primary N) is 1. The maximum atomic E-state index is 11.6. The molecule has 0 aliphatic carbocycles. The summed E-state index contributed by atoms with van der Waals surface area (Å²) in [6.45, 7) is 10.9. The fourth-order valence-corrected chi connectivity index (χ4v) is 1.84. The summed E-state index contributed by atoms with van der Waals surface area (Å²) in [4.78, 5) is 11.6. The Bertz CT molecular complexity index is 207. The van der Waals surface area contributed by atoms with Gasteiger partial charge in [0.1, 0.15) is 0 Å². The minimum atomic E-state index is -0.250. The summed E-state index contributed by atoms with van der Waals surface area (Å²) in [5.41, 5.74) is 5.47. The molecule has 0 spiro atoms. The number of hydrogen-bond donors (Lipinski definition) is 2. The number of rotatable bonds is 6. The fraction of sp³-hybridized carbons (Fsp3) is 0.917. The van der Waals surface area contributed by atoms with E-state index < -0.39 is 0 Å². The van der Waals surface area contributed by atoms with Gasteiger partial charge in [-0.25, -0.2) is 0 Å². The second kappa shape index (κ2) is 7.91. The van der Waals surface area contributed by atoms with Crippen molar-refractivity contribution in [3.05, 3.63) is 0 Å². The van der Waals surface area contributed by atoms with E-state index in [9.17, 15) is 4.79 Å². The zero-order valence-electron chi connectivity index (χ0n) is 11.2. The van der Waals surface area contributed by atoms with E-state index in [0.717, 1.165) is 6.42 Å². The van der Waals surface area contributed by atoms with Gasteiger partial charge in [0.05, 0.1) is 0 Å². The molecule has 0 aromatic heterocycles. The first kappa shape index (κ1) is 18.1. The Hall–Kier alpha value is -0.280. The minimum absolute atomic E-state index is 0. The highest BCUT2D eigenvalue weighted by Gasteiger charge is 2.25. The van der Waals surface area contributed by atoms with Gasteiger partial charge in [0, 0.05) is 18.5 Å². The average molecular weight is 251 g/mol. The lowest BCUT2D eigenvalue weighted by Crippen LogP contribution is -2.52. The summed E-state index contributed by atoms with van der Waals surface area (Å²) in [5.74, 6) is 1.04. The van der Waals surface area contributed by atoms with E-state index in [-0.39, 0.29) is 23.9 Å². The Morgan fingerprint density at radius 2 is 1.75 bits per heavy atom. The smallest absolute Gasteiger partial charge is 0.220 e. The minimum Gasteiger partial charge on any atom is -0.350 e. The van der Waals surface area contributed by atoms with Crippen LogP contribution in [-0.4, -0.2) is 18.0 Å². The lowest BCUT2D eigenvalue weighted by Gasteiger charge is -2.31. The maximum absolute atomic E-state index is 11.6. The Balaban J connectivity index is 0. The predicted molar refractivity (Wildman–Crippen MR) is 71.8 cm³/mol. The zero-order chi connectivity index (χ0) is 12.1. The third-order valence-corrected chi connectivity index (χ3v) is 2.34. The normalized spacial score (nSPS) is 14.5. The molecule has 1 amide bonds. The second-order valence-electron chi connectivity index (χ2n) is 5.51. The van der Waals surface area contributed by atoms with Crippen LogP contribution >= 0.6 is 12.4 Å². The number of carbonyl (C=O) groups is 1. The topological polar surface area (TPSA) is 55.1 Å². The van der Waals surface area contributed by atoms with Crippen molar-refractivity contribution < 1.29 is 4.79 Å². The molecule has 3 N–H and O–H groups in total. The van der Waals surface area contributed by atoms with E-state index in [1.54, 1.807) is 0 Å². The van der Waals surface area contributed by atoms with Crippen molar-refractivity contribution in [2.24, 2.45) is 17.6 Å². The molecule has 0 heterocycles. The second-order valence-corrected chi connectivity index (χ2v) is 5.51. The maximum Gasteiger partial charge on any atom is 0.220 e. The number of hydrogen-bond acceptors (Lipinski definition) is 2. The highest BCUT2D eigenvalue weighted by Crippen LogP contribution is 2.15. The molecule has 3 nitrogen and oxygen atoms in total. The lowest BCUT2D eigenvalue weighted by atomic mass is 9.90. The fourth-order valence-electron chi connectivity index (χ4n) is 1.84. The van der Waals surface area contributed by atoms with Crippen molar-refractivity contribution in [2.75, 3.05) is 6.54 Å². The molecule has 0 bridgehead atoms. The summed E-state index contributed by atoms with van der Waals surface area (Å²) < 4.78 is 0. The van der Waals surface area contributed by atoms with Gasteiger partial charge in [-0.05, 0) is 25.2 Å². The molecule has 0 rings (SSSR count). The molecule has 0 aliphatic heterocycles. The number of carbonyl (C=O) groups excluding carboxylic acids is 1. The lowest BCUT2D eigenvalue weighted by molar-refractivity contribution is -0.123. The molecular formula is C12H27ClN2O. The first-order valence-corrected chi connectivity index (χ1v) is 5.80. The summed E-state index contributed by atoms with van der Waals surface area (Å²) in [6, 6.07) is 0. The van der Waals surface area contributed by atoms with Gasteiger partial charge in [0.15, 0.2) is 0 Å².